The fourth-order valence-corrected chi connectivity index (χ4v) is 5.64. The maximum atomic E-state index is 13.6. The number of rotatable bonds is 5. The number of anilines is 2. The minimum Gasteiger partial charge on any atom is -0.382 e. The average Bonchev–Trinajstić information content (AvgIpc) is 2.95. The summed E-state index contributed by atoms with van der Waals surface area (Å²) in [6.07, 6.45) is 11.5. The number of likely N-dealkylation sites (tertiary alicyclic amines) is 1. The molecule has 0 bridgehead atoms. The van der Waals surface area contributed by atoms with Gasteiger partial charge in [0.05, 0.1) is 5.56 Å². The van der Waals surface area contributed by atoms with Gasteiger partial charge in [-0.05, 0) is 73.7 Å². The van der Waals surface area contributed by atoms with Gasteiger partial charge >= 0.3 is 0 Å². The van der Waals surface area contributed by atoms with E-state index in [2.05, 4.69) is 69.0 Å². The van der Waals surface area contributed by atoms with Gasteiger partial charge in [0.25, 0.3) is 5.91 Å². The highest BCUT2D eigenvalue weighted by Crippen LogP contribution is 2.28. The molecular formula is C32H41N5O. The first kappa shape index (κ1) is 26.4. The lowest BCUT2D eigenvalue weighted by molar-refractivity contribution is 0.0986. The van der Waals surface area contributed by atoms with Crippen LogP contribution in [0.3, 0.4) is 0 Å². The van der Waals surface area contributed by atoms with Gasteiger partial charge in [0, 0.05) is 62.5 Å². The molecule has 2 aliphatic heterocycles. The van der Waals surface area contributed by atoms with Crippen LogP contribution in [0, 0.1) is 0 Å². The van der Waals surface area contributed by atoms with Crippen LogP contribution >= 0.6 is 0 Å². The van der Waals surface area contributed by atoms with Crippen molar-refractivity contribution in [3.63, 3.8) is 0 Å². The van der Waals surface area contributed by atoms with Gasteiger partial charge in [-0.1, -0.05) is 49.6 Å². The van der Waals surface area contributed by atoms with Crippen LogP contribution < -0.4 is 15.5 Å². The lowest BCUT2D eigenvalue weighted by Crippen LogP contribution is -2.38. The molecule has 2 aliphatic rings. The Morgan fingerprint density at radius 1 is 0.921 bits per heavy atom. The SMILES string of the molecule is O=C(c1cccnc1)N1CCCCCCCNCc2cc(NC3CCN(Cc4ccccc4)CC3)ccc21. The Hall–Kier alpha value is -3.22. The third kappa shape index (κ3) is 7.21. The van der Waals surface area contributed by atoms with E-state index in [1.165, 1.54) is 30.4 Å². The number of benzene rings is 2. The van der Waals surface area contributed by atoms with Gasteiger partial charge in [0.2, 0.25) is 0 Å². The highest BCUT2D eigenvalue weighted by molar-refractivity contribution is 6.06. The molecule has 1 amide bonds. The summed E-state index contributed by atoms with van der Waals surface area (Å²) in [6.45, 7) is 5.73. The Kier molecular flexibility index (Phi) is 9.40. The van der Waals surface area contributed by atoms with Crippen molar-refractivity contribution in [3.8, 4) is 0 Å². The second-order valence-corrected chi connectivity index (χ2v) is 10.7. The zero-order valence-electron chi connectivity index (χ0n) is 22.4. The fraction of sp³-hybridized carbons (Fsp3) is 0.438. The second kappa shape index (κ2) is 13.5. The monoisotopic (exact) mass is 511 g/mol. The van der Waals surface area contributed by atoms with Crippen LogP contribution in [0.2, 0.25) is 0 Å². The standard InChI is InChI=1S/C32H41N5O/c38-32(27-12-9-18-34-23-27)37-19-8-3-1-2-7-17-33-24-28-22-30(13-14-31(28)37)35-29-15-20-36(21-16-29)25-26-10-5-4-6-11-26/h4-6,9-14,18,22-23,29,33,35H,1-3,7-8,15-17,19-21,24-25H2. The number of amides is 1. The Bertz CT molecular complexity index is 1150. The first-order valence-electron chi connectivity index (χ1n) is 14.3. The largest absolute Gasteiger partial charge is 0.382 e. The molecule has 200 valence electrons. The Morgan fingerprint density at radius 3 is 2.55 bits per heavy atom. The third-order valence-corrected chi connectivity index (χ3v) is 7.78. The van der Waals surface area contributed by atoms with Crippen LogP contribution in [0.5, 0.6) is 0 Å². The Balaban J connectivity index is 1.29. The molecule has 6 nitrogen and oxygen atoms in total. The van der Waals surface area contributed by atoms with E-state index in [1.54, 1.807) is 12.4 Å². The molecule has 0 spiro atoms. The molecule has 1 fully saturated rings. The molecule has 0 unspecified atom stereocenters. The minimum absolute atomic E-state index is 0.0305. The first-order valence-corrected chi connectivity index (χ1v) is 14.3. The van der Waals surface area contributed by atoms with Gasteiger partial charge in [-0.2, -0.15) is 0 Å². The van der Waals surface area contributed by atoms with Crippen molar-refractivity contribution in [2.45, 2.75) is 64.1 Å². The van der Waals surface area contributed by atoms with Crippen molar-refractivity contribution in [2.24, 2.45) is 0 Å². The minimum atomic E-state index is 0.0305. The summed E-state index contributed by atoms with van der Waals surface area (Å²) in [7, 11) is 0. The molecule has 6 heteroatoms. The lowest BCUT2D eigenvalue weighted by atomic mass is 10.0. The zero-order chi connectivity index (χ0) is 26.0. The molecule has 3 aromatic rings. The molecule has 5 rings (SSSR count). The molecule has 1 aromatic heterocycles. The van der Waals surface area contributed by atoms with E-state index in [0.717, 1.165) is 76.3 Å². The first-order chi connectivity index (χ1) is 18.8. The number of carbonyl (C=O) groups is 1. The molecule has 2 N–H and O–H groups in total. The number of pyridine rings is 1. The molecule has 2 aromatic carbocycles. The van der Waals surface area contributed by atoms with Gasteiger partial charge < -0.3 is 15.5 Å². The number of nitrogens with one attached hydrogen (secondary N) is 2. The summed E-state index contributed by atoms with van der Waals surface area (Å²) >= 11 is 0. The van der Waals surface area contributed by atoms with Crippen LogP contribution in [-0.2, 0) is 13.1 Å². The third-order valence-electron chi connectivity index (χ3n) is 7.78. The van der Waals surface area contributed by atoms with Crippen molar-refractivity contribution in [2.75, 3.05) is 36.4 Å². The topological polar surface area (TPSA) is 60.5 Å². The summed E-state index contributed by atoms with van der Waals surface area (Å²) in [5.74, 6) is 0.0305. The van der Waals surface area contributed by atoms with Crippen LogP contribution in [0.15, 0.2) is 73.1 Å². The number of hydrogen-bond donors (Lipinski definition) is 2. The molecule has 3 heterocycles. The van der Waals surface area contributed by atoms with E-state index in [1.807, 2.05) is 17.0 Å². The lowest BCUT2D eigenvalue weighted by Gasteiger charge is -2.33. The predicted molar refractivity (Wildman–Crippen MR) is 156 cm³/mol. The van der Waals surface area contributed by atoms with Gasteiger partial charge in [0.15, 0.2) is 0 Å². The number of fused-ring (bicyclic) bond motifs is 1. The number of piperidine rings is 1. The number of nitrogens with zero attached hydrogens (tertiary/aromatic N) is 3. The van der Waals surface area contributed by atoms with E-state index in [9.17, 15) is 4.79 Å². The fourth-order valence-electron chi connectivity index (χ4n) is 5.64. The highest BCUT2D eigenvalue weighted by Gasteiger charge is 2.23. The van der Waals surface area contributed by atoms with Crippen molar-refractivity contribution >= 4 is 17.3 Å². The van der Waals surface area contributed by atoms with Crippen LogP contribution in [0.1, 0.15) is 66.4 Å². The summed E-state index contributed by atoms with van der Waals surface area (Å²) in [6, 6.07) is 21.5. The molecule has 0 radical (unpaired) electrons. The molecule has 0 aliphatic carbocycles. The smallest absolute Gasteiger partial charge is 0.259 e. The quantitative estimate of drug-likeness (QED) is 0.449. The van der Waals surface area contributed by atoms with Crippen LogP contribution in [0.4, 0.5) is 11.4 Å². The number of hydrogen-bond acceptors (Lipinski definition) is 5. The summed E-state index contributed by atoms with van der Waals surface area (Å²) in [5.41, 5.74) is 5.36. The van der Waals surface area contributed by atoms with Crippen molar-refractivity contribution < 1.29 is 4.79 Å². The number of aromatic nitrogens is 1. The van der Waals surface area contributed by atoms with Gasteiger partial charge in [-0.15, -0.1) is 0 Å². The van der Waals surface area contributed by atoms with Gasteiger partial charge in [-0.25, -0.2) is 0 Å². The van der Waals surface area contributed by atoms with Crippen molar-refractivity contribution in [1.82, 2.24) is 15.2 Å². The average molecular weight is 512 g/mol. The second-order valence-electron chi connectivity index (χ2n) is 10.7. The Labute approximate surface area is 227 Å². The predicted octanol–water partition coefficient (Wildman–Crippen LogP) is 5.86. The van der Waals surface area contributed by atoms with Crippen molar-refractivity contribution in [3.05, 3.63) is 89.7 Å². The van der Waals surface area contributed by atoms with Crippen LogP contribution in [0.25, 0.3) is 0 Å². The van der Waals surface area contributed by atoms with Gasteiger partial charge in [-0.3, -0.25) is 14.7 Å². The molecule has 0 atom stereocenters. The normalized spacial score (nSPS) is 18.2. The van der Waals surface area contributed by atoms with E-state index >= 15 is 0 Å². The van der Waals surface area contributed by atoms with Crippen molar-refractivity contribution in [1.29, 1.82) is 0 Å². The summed E-state index contributed by atoms with van der Waals surface area (Å²) in [5, 5.41) is 7.44. The maximum Gasteiger partial charge on any atom is 0.259 e. The summed E-state index contributed by atoms with van der Waals surface area (Å²) in [4.78, 5) is 22.3. The molecule has 1 saturated heterocycles. The van der Waals surface area contributed by atoms with E-state index in [0.29, 0.717) is 11.6 Å². The zero-order valence-corrected chi connectivity index (χ0v) is 22.4. The van der Waals surface area contributed by atoms with E-state index < -0.39 is 0 Å². The van der Waals surface area contributed by atoms with Crippen LogP contribution in [-0.4, -0.2) is 48.0 Å². The molecule has 0 saturated carbocycles. The van der Waals surface area contributed by atoms with E-state index in [4.69, 9.17) is 0 Å². The molecule has 38 heavy (non-hydrogen) atoms. The maximum absolute atomic E-state index is 13.6. The highest BCUT2D eigenvalue weighted by atomic mass is 16.2. The number of carbonyl (C=O) groups excluding carboxylic acids is 1. The summed E-state index contributed by atoms with van der Waals surface area (Å²) < 4.78 is 0. The van der Waals surface area contributed by atoms with E-state index in [-0.39, 0.29) is 5.91 Å². The Morgan fingerprint density at radius 2 is 1.74 bits per heavy atom. The molecular weight excluding hydrogens is 470 g/mol. The van der Waals surface area contributed by atoms with Gasteiger partial charge in [0.1, 0.15) is 0 Å².